The van der Waals surface area contributed by atoms with Crippen molar-refractivity contribution in [1.29, 1.82) is 0 Å². The topological polar surface area (TPSA) is 82.7 Å². The van der Waals surface area contributed by atoms with E-state index >= 15 is 0 Å². The Labute approximate surface area is 216 Å². The van der Waals surface area contributed by atoms with Gasteiger partial charge in [-0.15, -0.1) is 0 Å². The summed E-state index contributed by atoms with van der Waals surface area (Å²) in [5, 5.41) is 6.48. The predicted octanol–water partition coefficient (Wildman–Crippen LogP) is 5.75. The Hall–Kier alpha value is -4.20. The van der Waals surface area contributed by atoms with Crippen molar-refractivity contribution < 1.29 is 28.2 Å². The fraction of sp³-hybridized carbons (Fsp3) is 0.310. The van der Waals surface area contributed by atoms with Crippen LogP contribution < -0.4 is 18.9 Å². The average molecular weight is 503 g/mol. The molecule has 1 aliphatic heterocycles. The van der Waals surface area contributed by atoms with E-state index in [1.165, 1.54) is 6.26 Å². The quantitative estimate of drug-likeness (QED) is 0.409. The van der Waals surface area contributed by atoms with E-state index < -0.39 is 0 Å². The van der Waals surface area contributed by atoms with Crippen LogP contribution in [0.4, 0.5) is 0 Å². The maximum atomic E-state index is 13.6. The first-order chi connectivity index (χ1) is 18.1. The number of rotatable bonds is 7. The highest BCUT2D eigenvalue weighted by molar-refractivity contribution is 6.09. The number of amides is 1. The van der Waals surface area contributed by atoms with Crippen molar-refractivity contribution in [2.75, 3.05) is 28.4 Å². The fourth-order valence-corrected chi connectivity index (χ4v) is 5.19. The summed E-state index contributed by atoms with van der Waals surface area (Å²) in [6.45, 7) is 0. The van der Waals surface area contributed by atoms with E-state index in [9.17, 15) is 4.79 Å². The summed E-state index contributed by atoms with van der Waals surface area (Å²) < 4.78 is 27.3. The molecule has 192 valence electrons. The zero-order valence-electron chi connectivity index (χ0n) is 21.4. The SMILES string of the molecule is COc1ccc(/C=C2\CCC[C@H]3C2=NN(C(=O)c2ccco2)[C@@H]3c2ccc(OC)c(OC)c2)cc1OC. The molecule has 0 N–H and O–H groups in total. The molecule has 2 aromatic carbocycles. The van der Waals surface area contributed by atoms with Crippen LogP contribution in [0.3, 0.4) is 0 Å². The number of allylic oxidation sites excluding steroid dienone is 1. The molecule has 2 atom stereocenters. The molecule has 1 aliphatic carbocycles. The number of nitrogens with zero attached hydrogens (tertiary/aromatic N) is 2. The normalized spacial score (nSPS) is 19.8. The second kappa shape index (κ2) is 10.4. The second-order valence-corrected chi connectivity index (χ2v) is 8.95. The number of ether oxygens (including phenoxy) is 4. The predicted molar refractivity (Wildman–Crippen MR) is 139 cm³/mol. The van der Waals surface area contributed by atoms with Crippen LogP contribution in [0.5, 0.6) is 23.0 Å². The molecule has 1 fully saturated rings. The van der Waals surface area contributed by atoms with Gasteiger partial charge in [0.1, 0.15) is 0 Å². The molecule has 1 aromatic heterocycles. The number of fused-ring (bicyclic) bond motifs is 1. The summed E-state index contributed by atoms with van der Waals surface area (Å²) in [5.74, 6) is 2.57. The summed E-state index contributed by atoms with van der Waals surface area (Å²) in [5.41, 5.74) is 3.92. The van der Waals surface area contributed by atoms with Gasteiger partial charge in [0, 0.05) is 5.92 Å². The number of carbonyl (C=O) groups is 1. The Morgan fingerprint density at radius 3 is 2.32 bits per heavy atom. The van der Waals surface area contributed by atoms with Crippen LogP contribution in [0.1, 0.15) is 47.0 Å². The molecule has 2 aliphatic rings. The van der Waals surface area contributed by atoms with Crippen LogP contribution in [0, 0.1) is 5.92 Å². The fourth-order valence-electron chi connectivity index (χ4n) is 5.19. The van der Waals surface area contributed by atoms with Crippen LogP contribution in [-0.4, -0.2) is 45.1 Å². The summed E-state index contributed by atoms with van der Waals surface area (Å²) in [6, 6.07) is 14.7. The molecule has 0 spiro atoms. The second-order valence-electron chi connectivity index (χ2n) is 8.95. The van der Waals surface area contributed by atoms with Gasteiger partial charge >= 0.3 is 5.91 Å². The minimum atomic E-state index is -0.304. The van der Waals surface area contributed by atoms with Crippen molar-refractivity contribution in [3.05, 3.63) is 77.3 Å². The molecule has 8 heteroatoms. The molecule has 37 heavy (non-hydrogen) atoms. The number of hydrogen-bond acceptors (Lipinski definition) is 7. The molecule has 1 saturated carbocycles. The average Bonchev–Trinajstić information content (AvgIpc) is 3.61. The number of methoxy groups -OCH3 is 4. The third kappa shape index (κ3) is 4.55. The molecule has 0 unspecified atom stereocenters. The Morgan fingerprint density at radius 1 is 0.946 bits per heavy atom. The van der Waals surface area contributed by atoms with Crippen molar-refractivity contribution in [3.63, 3.8) is 0 Å². The monoisotopic (exact) mass is 502 g/mol. The van der Waals surface area contributed by atoms with Crippen molar-refractivity contribution >= 4 is 17.7 Å². The lowest BCUT2D eigenvalue weighted by Gasteiger charge is -2.29. The first kappa shape index (κ1) is 24.5. The first-order valence-corrected chi connectivity index (χ1v) is 12.2. The highest BCUT2D eigenvalue weighted by atomic mass is 16.5. The van der Waals surface area contributed by atoms with Crippen molar-refractivity contribution in [1.82, 2.24) is 5.01 Å². The van der Waals surface area contributed by atoms with Gasteiger partial charge in [-0.3, -0.25) is 4.79 Å². The molecular formula is C29H30N2O6. The van der Waals surface area contributed by atoms with E-state index in [0.29, 0.717) is 23.0 Å². The maximum absolute atomic E-state index is 13.6. The van der Waals surface area contributed by atoms with Gasteiger partial charge in [-0.25, -0.2) is 5.01 Å². The summed E-state index contributed by atoms with van der Waals surface area (Å²) >= 11 is 0. The number of benzene rings is 2. The summed E-state index contributed by atoms with van der Waals surface area (Å²) in [6.07, 6.45) is 6.38. The molecule has 8 nitrogen and oxygen atoms in total. The van der Waals surface area contributed by atoms with Gasteiger partial charge in [0.05, 0.1) is 46.5 Å². The molecule has 2 heterocycles. The Morgan fingerprint density at radius 2 is 1.65 bits per heavy atom. The van der Waals surface area contributed by atoms with Crippen molar-refractivity contribution in [2.45, 2.75) is 25.3 Å². The van der Waals surface area contributed by atoms with Gasteiger partial charge in [-0.1, -0.05) is 12.1 Å². The van der Waals surface area contributed by atoms with Crippen molar-refractivity contribution in [3.8, 4) is 23.0 Å². The van der Waals surface area contributed by atoms with E-state index in [2.05, 4.69) is 6.08 Å². The van der Waals surface area contributed by atoms with Crippen LogP contribution in [0.15, 0.2) is 69.9 Å². The third-order valence-corrected chi connectivity index (χ3v) is 6.94. The Balaban J connectivity index is 1.57. The van der Waals surface area contributed by atoms with Gasteiger partial charge in [-0.2, -0.15) is 5.10 Å². The molecule has 0 saturated heterocycles. The zero-order chi connectivity index (χ0) is 25.9. The first-order valence-electron chi connectivity index (χ1n) is 12.2. The van der Waals surface area contributed by atoms with E-state index in [-0.39, 0.29) is 23.6 Å². The van der Waals surface area contributed by atoms with E-state index in [4.69, 9.17) is 28.5 Å². The lowest BCUT2D eigenvalue weighted by Crippen LogP contribution is -2.31. The van der Waals surface area contributed by atoms with E-state index in [1.807, 2.05) is 36.4 Å². The largest absolute Gasteiger partial charge is 0.493 e. The maximum Gasteiger partial charge on any atom is 0.310 e. The minimum absolute atomic E-state index is 0.0251. The number of furan rings is 1. The lowest BCUT2D eigenvalue weighted by molar-refractivity contribution is 0.0648. The van der Waals surface area contributed by atoms with Gasteiger partial charge in [0.15, 0.2) is 28.8 Å². The number of hydrazone groups is 1. The Kier molecular flexibility index (Phi) is 6.90. The molecule has 5 rings (SSSR count). The third-order valence-electron chi connectivity index (χ3n) is 6.94. The van der Waals surface area contributed by atoms with Crippen LogP contribution >= 0.6 is 0 Å². The van der Waals surface area contributed by atoms with Gasteiger partial charge in [0.2, 0.25) is 0 Å². The Bertz CT molecular complexity index is 1340. The van der Waals surface area contributed by atoms with Crippen LogP contribution in [0.25, 0.3) is 6.08 Å². The zero-order valence-corrected chi connectivity index (χ0v) is 21.4. The minimum Gasteiger partial charge on any atom is -0.493 e. The number of carbonyl (C=O) groups excluding carboxylic acids is 1. The lowest BCUT2D eigenvalue weighted by atomic mass is 9.77. The molecular weight excluding hydrogens is 472 g/mol. The van der Waals surface area contributed by atoms with Crippen LogP contribution in [-0.2, 0) is 0 Å². The number of hydrogen-bond donors (Lipinski definition) is 0. The molecule has 0 bridgehead atoms. The van der Waals surface area contributed by atoms with Gasteiger partial charge < -0.3 is 23.4 Å². The van der Waals surface area contributed by atoms with Gasteiger partial charge in [0.25, 0.3) is 0 Å². The van der Waals surface area contributed by atoms with E-state index in [1.54, 1.807) is 45.6 Å². The summed E-state index contributed by atoms with van der Waals surface area (Å²) in [7, 11) is 6.45. The van der Waals surface area contributed by atoms with E-state index in [0.717, 1.165) is 41.7 Å². The summed E-state index contributed by atoms with van der Waals surface area (Å²) in [4.78, 5) is 13.6. The highest BCUT2D eigenvalue weighted by Crippen LogP contribution is 2.46. The van der Waals surface area contributed by atoms with Crippen LogP contribution in [0.2, 0.25) is 0 Å². The molecule has 1 amide bonds. The molecule has 3 aromatic rings. The standard InChI is InChI=1S/C29H30N2O6/c1-33-22-12-10-18(16-25(22)35-3)15-19-7-5-8-21-27(19)30-31(29(32)24-9-6-14-37-24)28(21)20-11-13-23(34-2)26(17-20)36-4/h6,9-17,21,28H,5,7-8H2,1-4H3/b19-15+/t21-,28+/m0/s1. The highest BCUT2D eigenvalue weighted by Gasteiger charge is 2.44. The van der Waals surface area contributed by atoms with Gasteiger partial charge in [-0.05, 0) is 78.4 Å². The molecule has 0 radical (unpaired) electrons. The van der Waals surface area contributed by atoms with Crippen molar-refractivity contribution in [2.24, 2.45) is 11.0 Å². The smallest absolute Gasteiger partial charge is 0.310 e.